The average Bonchev–Trinajstić information content (AvgIpc) is 2.75. The second kappa shape index (κ2) is 4.74. The van der Waals surface area contributed by atoms with Gasteiger partial charge in [-0.25, -0.2) is 13.2 Å². The summed E-state index contributed by atoms with van der Waals surface area (Å²) in [5.41, 5.74) is 0.229. The zero-order valence-electron chi connectivity index (χ0n) is 8.60. The Kier molecular flexibility index (Phi) is 3.33. The second-order valence-corrected chi connectivity index (χ2v) is 3.77. The van der Waals surface area contributed by atoms with Gasteiger partial charge >= 0.3 is 0 Å². The second-order valence-electron chi connectivity index (χ2n) is 3.77. The van der Waals surface area contributed by atoms with E-state index in [4.69, 9.17) is 4.74 Å². The normalized spacial score (nSPS) is 20.1. The zero-order chi connectivity index (χ0) is 11.5. The molecule has 0 amide bonds. The Labute approximate surface area is 91.4 Å². The summed E-state index contributed by atoms with van der Waals surface area (Å²) in [4.78, 5) is 0. The molecule has 1 aliphatic rings. The van der Waals surface area contributed by atoms with E-state index in [1.54, 1.807) is 0 Å². The first-order valence-corrected chi connectivity index (χ1v) is 5.17. The van der Waals surface area contributed by atoms with Crippen LogP contribution in [-0.4, -0.2) is 19.3 Å². The van der Waals surface area contributed by atoms with Gasteiger partial charge in [-0.1, -0.05) is 0 Å². The van der Waals surface area contributed by atoms with Gasteiger partial charge in [0.15, 0.2) is 17.5 Å². The molecule has 0 aromatic heterocycles. The van der Waals surface area contributed by atoms with Crippen LogP contribution in [0.25, 0.3) is 0 Å². The first kappa shape index (κ1) is 11.3. The first-order chi connectivity index (χ1) is 7.66. The largest absolute Gasteiger partial charge is 0.382 e. The number of rotatable bonds is 3. The molecule has 0 bridgehead atoms. The van der Waals surface area contributed by atoms with Crippen molar-refractivity contribution >= 4 is 5.69 Å². The maximum atomic E-state index is 12.9. The average molecular weight is 231 g/mol. The van der Waals surface area contributed by atoms with Gasteiger partial charge in [-0.3, -0.25) is 0 Å². The standard InChI is InChI=1S/C11H12F3NO/c12-9-4-7(5-10(13)11(9)14)15-6-8-2-1-3-16-8/h4-5,8,15H,1-3,6H2. The van der Waals surface area contributed by atoms with Crippen LogP contribution in [0, 0.1) is 17.5 Å². The van der Waals surface area contributed by atoms with Gasteiger partial charge < -0.3 is 10.1 Å². The van der Waals surface area contributed by atoms with Crippen LogP contribution in [0.3, 0.4) is 0 Å². The molecule has 1 fully saturated rings. The van der Waals surface area contributed by atoms with Gasteiger partial charge in [-0.15, -0.1) is 0 Å². The van der Waals surface area contributed by atoms with Gasteiger partial charge in [-0.2, -0.15) is 0 Å². The summed E-state index contributed by atoms with van der Waals surface area (Å²) in [6.07, 6.45) is 1.99. The van der Waals surface area contributed by atoms with E-state index in [2.05, 4.69) is 5.32 Å². The van der Waals surface area contributed by atoms with E-state index in [9.17, 15) is 13.2 Å². The molecule has 1 heterocycles. The van der Waals surface area contributed by atoms with Crippen molar-refractivity contribution < 1.29 is 17.9 Å². The summed E-state index contributed by atoms with van der Waals surface area (Å²) in [7, 11) is 0. The van der Waals surface area contributed by atoms with E-state index in [0.29, 0.717) is 6.54 Å². The van der Waals surface area contributed by atoms with E-state index in [0.717, 1.165) is 31.6 Å². The molecule has 1 aromatic carbocycles. The van der Waals surface area contributed by atoms with E-state index in [-0.39, 0.29) is 11.8 Å². The number of hydrogen-bond donors (Lipinski definition) is 1. The molecule has 1 aromatic rings. The Morgan fingerprint density at radius 2 is 1.94 bits per heavy atom. The van der Waals surface area contributed by atoms with Crippen LogP contribution in [0.1, 0.15) is 12.8 Å². The van der Waals surface area contributed by atoms with Crippen LogP contribution in [0.5, 0.6) is 0 Å². The van der Waals surface area contributed by atoms with Gasteiger partial charge in [-0.05, 0) is 12.8 Å². The molecule has 88 valence electrons. The quantitative estimate of drug-likeness (QED) is 0.807. The molecule has 0 radical (unpaired) electrons. The van der Waals surface area contributed by atoms with Crippen molar-refractivity contribution in [2.75, 3.05) is 18.5 Å². The summed E-state index contributed by atoms with van der Waals surface area (Å²) in [5, 5.41) is 2.82. The maximum Gasteiger partial charge on any atom is 0.194 e. The Morgan fingerprint density at radius 1 is 1.25 bits per heavy atom. The third-order valence-electron chi connectivity index (χ3n) is 2.54. The molecule has 2 nitrogen and oxygen atoms in total. The van der Waals surface area contributed by atoms with E-state index >= 15 is 0 Å². The van der Waals surface area contributed by atoms with Gasteiger partial charge in [0.05, 0.1) is 6.10 Å². The van der Waals surface area contributed by atoms with Crippen LogP contribution >= 0.6 is 0 Å². The Hall–Kier alpha value is -1.23. The number of hydrogen-bond acceptors (Lipinski definition) is 2. The van der Waals surface area contributed by atoms with Crippen LogP contribution in [-0.2, 0) is 4.74 Å². The SMILES string of the molecule is Fc1cc(NCC2CCCO2)cc(F)c1F. The molecule has 1 N–H and O–H groups in total. The summed E-state index contributed by atoms with van der Waals surface area (Å²) < 4.78 is 43.7. The zero-order valence-corrected chi connectivity index (χ0v) is 8.60. The molecule has 1 unspecified atom stereocenters. The number of benzene rings is 1. The van der Waals surface area contributed by atoms with Crippen molar-refractivity contribution in [1.82, 2.24) is 0 Å². The van der Waals surface area contributed by atoms with Crippen molar-refractivity contribution in [2.45, 2.75) is 18.9 Å². The third-order valence-corrected chi connectivity index (χ3v) is 2.54. The lowest BCUT2D eigenvalue weighted by Crippen LogP contribution is -2.18. The first-order valence-electron chi connectivity index (χ1n) is 5.17. The van der Waals surface area contributed by atoms with Crippen molar-refractivity contribution in [3.63, 3.8) is 0 Å². The molecule has 0 spiro atoms. The molecule has 2 rings (SSSR count). The fraction of sp³-hybridized carbons (Fsp3) is 0.455. The van der Waals surface area contributed by atoms with E-state index < -0.39 is 17.5 Å². The molecule has 0 saturated carbocycles. The summed E-state index contributed by atoms with van der Waals surface area (Å²) >= 11 is 0. The van der Waals surface area contributed by atoms with Crippen LogP contribution < -0.4 is 5.32 Å². The lowest BCUT2D eigenvalue weighted by Gasteiger charge is -2.12. The number of nitrogens with one attached hydrogen (secondary N) is 1. The van der Waals surface area contributed by atoms with Crippen molar-refractivity contribution in [2.24, 2.45) is 0 Å². The van der Waals surface area contributed by atoms with E-state index in [1.165, 1.54) is 0 Å². The molecular formula is C11H12F3NO. The highest BCUT2D eigenvalue weighted by Gasteiger charge is 2.16. The van der Waals surface area contributed by atoms with Gasteiger partial charge in [0.1, 0.15) is 0 Å². The molecule has 0 aliphatic carbocycles. The number of anilines is 1. The van der Waals surface area contributed by atoms with Crippen LogP contribution in [0.2, 0.25) is 0 Å². The molecule has 1 saturated heterocycles. The highest BCUT2D eigenvalue weighted by molar-refractivity contribution is 5.44. The van der Waals surface area contributed by atoms with Gasteiger partial charge in [0.2, 0.25) is 0 Å². The number of halogens is 3. The third kappa shape index (κ3) is 2.47. The predicted molar refractivity (Wildman–Crippen MR) is 53.8 cm³/mol. The minimum Gasteiger partial charge on any atom is -0.382 e. The smallest absolute Gasteiger partial charge is 0.194 e. The lowest BCUT2D eigenvalue weighted by atomic mass is 10.2. The van der Waals surface area contributed by atoms with Gasteiger partial charge in [0, 0.05) is 31.0 Å². The van der Waals surface area contributed by atoms with Crippen molar-refractivity contribution in [1.29, 1.82) is 0 Å². The summed E-state index contributed by atoms with van der Waals surface area (Å²) in [6, 6.07) is 1.88. The molecule has 5 heteroatoms. The highest BCUT2D eigenvalue weighted by atomic mass is 19.2. The molecule has 1 atom stereocenters. The molecule has 16 heavy (non-hydrogen) atoms. The van der Waals surface area contributed by atoms with E-state index in [1.807, 2.05) is 0 Å². The van der Waals surface area contributed by atoms with Gasteiger partial charge in [0.25, 0.3) is 0 Å². The topological polar surface area (TPSA) is 21.3 Å². The fourth-order valence-corrected chi connectivity index (χ4v) is 1.69. The molecular weight excluding hydrogens is 219 g/mol. The lowest BCUT2D eigenvalue weighted by molar-refractivity contribution is 0.120. The summed E-state index contributed by atoms with van der Waals surface area (Å²) in [5.74, 6) is -3.81. The Morgan fingerprint density at radius 3 is 2.50 bits per heavy atom. The monoisotopic (exact) mass is 231 g/mol. The van der Waals surface area contributed by atoms with Crippen molar-refractivity contribution in [3.05, 3.63) is 29.6 Å². The number of ether oxygens (including phenoxy) is 1. The van der Waals surface area contributed by atoms with Crippen molar-refractivity contribution in [3.8, 4) is 0 Å². The van der Waals surface area contributed by atoms with Crippen LogP contribution in [0.4, 0.5) is 18.9 Å². The highest BCUT2D eigenvalue weighted by Crippen LogP contribution is 2.18. The predicted octanol–water partition coefficient (Wildman–Crippen LogP) is 2.69. The fourth-order valence-electron chi connectivity index (χ4n) is 1.69. The minimum atomic E-state index is -1.44. The summed E-state index contributed by atoms with van der Waals surface area (Å²) in [6.45, 7) is 1.20. The Bertz CT molecular complexity index is 354. The Balaban J connectivity index is 1.98. The molecule has 1 aliphatic heterocycles. The maximum absolute atomic E-state index is 12.9. The minimum absolute atomic E-state index is 0.0659. The van der Waals surface area contributed by atoms with Crippen LogP contribution in [0.15, 0.2) is 12.1 Å².